The summed E-state index contributed by atoms with van der Waals surface area (Å²) in [5.74, 6) is -0.548. The quantitative estimate of drug-likeness (QED) is 0.681. The number of carbonyl (C=O) groups excluding carboxylic acids is 1. The van der Waals surface area contributed by atoms with E-state index >= 15 is 0 Å². The molecule has 1 heterocycles. The number of rotatable bonds is 1. The minimum Gasteiger partial charge on any atom is -0.379 e. The van der Waals surface area contributed by atoms with Crippen molar-refractivity contribution in [2.45, 2.75) is 0 Å². The van der Waals surface area contributed by atoms with E-state index < -0.39 is 5.97 Å². The van der Waals surface area contributed by atoms with Crippen LogP contribution in [-0.4, -0.2) is 15.9 Å². The molecular weight excluding hydrogens is 200 g/mol. The molecule has 0 saturated heterocycles. The second-order valence-electron chi connectivity index (χ2n) is 1.46. The zero-order chi connectivity index (χ0) is 7.40. The summed E-state index contributed by atoms with van der Waals surface area (Å²) in [5.41, 5.74) is 0.180. The fraction of sp³-hybridized carbons (Fsp3) is 0. The van der Waals surface area contributed by atoms with E-state index in [1.165, 1.54) is 18.6 Å². The molecule has 10 heavy (non-hydrogen) atoms. The molecule has 0 aromatic carbocycles. The number of carbonyl (C=O) groups is 1. The van der Waals surface area contributed by atoms with Crippen molar-refractivity contribution >= 4 is 22.2 Å². The second-order valence-corrected chi connectivity index (χ2v) is 1.78. The summed E-state index contributed by atoms with van der Waals surface area (Å²) in [7, 11) is 0. The van der Waals surface area contributed by atoms with Crippen molar-refractivity contribution in [3.8, 4) is 0 Å². The van der Waals surface area contributed by atoms with Crippen molar-refractivity contribution in [3.05, 3.63) is 24.3 Å². The SMILES string of the molecule is O=C(OBr)c1cnccn1. The number of halogens is 1. The van der Waals surface area contributed by atoms with Gasteiger partial charge in [0.1, 0.15) is 0 Å². The molecule has 0 aliphatic heterocycles. The van der Waals surface area contributed by atoms with E-state index in [0.717, 1.165) is 0 Å². The summed E-state index contributed by atoms with van der Waals surface area (Å²) in [6, 6.07) is 0. The Morgan fingerprint density at radius 3 is 2.90 bits per heavy atom. The van der Waals surface area contributed by atoms with Crippen molar-refractivity contribution in [2.75, 3.05) is 0 Å². The molecule has 1 aromatic heterocycles. The Kier molecular flexibility index (Phi) is 2.33. The Morgan fingerprint density at radius 1 is 1.60 bits per heavy atom. The predicted octanol–water partition coefficient (Wildman–Crippen LogP) is 0.943. The Hall–Kier alpha value is -0.970. The van der Waals surface area contributed by atoms with Gasteiger partial charge < -0.3 is 3.83 Å². The molecule has 4 nitrogen and oxygen atoms in total. The van der Waals surface area contributed by atoms with Crippen LogP contribution < -0.4 is 0 Å². The molecule has 0 atom stereocenters. The third-order valence-corrected chi connectivity index (χ3v) is 1.14. The third-order valence-electron chi connectivity index (χ3n) is 0.842. The van der Waals surface area contributed by atoms with Gasteiger partial charge in [0.05, 0.1) is 6.20 Å². The highest BCUT2D eigenvalue weighted by molar-refractivity contribution is 9.06. The molecule has 0 amide bonds. The maximum absolute atomic E-state index is 10.6. The Morgan fingerprint density at radius 2 is 2.40 bits per heavy atom. The van der Waals surface area contributed by atoms with E-state index in [4.69, 9.17) is 0 Å². The van der Waals surface area contributed by atoms with Crippen LogP contribution >= 0.6 is 16.3 Å². The third kappa shape index (κ3) is 1.51. The first-order valence-electron chi connectivity index (χ1n) is 2.43. The lowest BCUT2D eigenvalue weighted by Crippen LogP contribution is -2.00. The standard InChI is InChI=1S/C5H3BrN2O2/c6-10-5(9)4-3-7-1-2-8-4/h1-3H. The summed E-state index contributed by atoms with van der Waals surface area (Å²) >= 11 is 2.53. The first-order chi connectivity index (χ1) is 4.84. The smallest absolute Gasteiger partial charge is 0.370 e. The fourth-order valence-corrected chi connectivity index (χ4v) is 0.610. The van der Waals surface area contributed by atoms with Gasteiger partial charge >= 0.3 is 5.97 Å². The normalized spacial score (nSPS) is 8.90. The zero-order valence-electron chi connectivity index (χ0n) is 4.82. The van der Waals surface area contributed by atoms with Gasteiger partial charge in [-0.1, -0.05) is 0 Å². The molecule has 0 N–H and O–H groups in total. The first-order valence-corrected chi connectivity index (χ1v) is 3.08. The van der Waals surface area contributed by atoms with Crippen LogP contribution in [0.4, 0.5) is 0 Å². The Labute approximate surface area is 65.7 Å². The minimum atomic E-state index is -0.548. The van der Waals surface area contributed by atoms with Gasteiger partial charge in [-0.2, -0.15) is 0 Å². The van der Waals surface area contributed by atoms with Crippen LogP contribution in [0.3, 0.4) is 0 Å². The molecule has 5 heteroatoms. The number of nitrogens with zero attached hydrogens (tertiary/aromatic N) is 2. The molecule has 0 spiro atoms. The molecule has 0 fully saturated rings. The molecule has 0 aliphatic rings. The van der Waals surface area contributed by atoms with Crippen LogP contribution in [0.5, 0.6) is 0 Å². The van der Waals surface area contributed by atoms with Crippen LogP contribution in [0, 0.1) is 0 Å². The van der Waals surface area contributed by atoms with Crippen molar-refractivity contribution < 1.29 is 8.62 Å². The van der Waals surface area contributed by atoms with E-state index in [0.29, 0.717) is 0 Å². The highest BCUT2D eigenvalue weighted by atomic mass is 79.9. The average molecular weight is 203 g/mol. The summed E-state index contributed by atoms with van der Waals surface area (Å²) in [4.78, 5) is 18.0. The van der Waals surface area contributed by atoms with Crippen molar-refractivity contribution in [1.29, 1.82) is 0 Å². The van der Waals surface area contributed by atoms with Gasteiger partial charge in [0.25, 0.3) is 0 Å². The molecular formula is C5H3BrN2O2. The van der Waals surface area contributed by atoms with Crippen molar-refractivity contribution in [2.24, 2.45) is 0 Å². The number of aromatic nitrogens is 2. The van der Waals surface area contributed by atoms with Gasteiger partial charge in [0.15, 0.2) is 22.0 Å². The predicted molar refractivity (Wildman–Crippen MR) is 36.4 cm³/mol. The monoisotopic (exact) mass is 202 g/mol. The maximum atomic E-state index is 10.6. The van der Waals surface area contributed by atoms with Crippen molar-refractivity contribution in [1.82, 2.24) is 9.97 Å². The van der Waals surface area contributed by atoms with Crippen molar-refractivity contribution in [3.63, 3.8) is 0 Å². The molecule has 1 aromatic rings. The van der Waals surface area contributed by atoms with Crippen LogP contribution in [0.2, 0.25) is 0 Å². The second kappa shape index (κ2) is 3.26. The van der Waals surface area contributed by atoms with E-state index in [9.17, 15) is 4.79 Å². The van der Waals surface area contributed by atoms with E-state index in [-0.39, 0.29) is 5.69 Å². The molecule has 52 valence electrons. The summed E-state index contributed by atoms with van der Waals surface area (Å²) in [6.45, 7) is 0. The van der Waals surface area contributed by atoms with Crippen LogP contribution in [-0.2, 0) is 3.83 Å². The summed E-state index contributed by atoms with van der Waals surface area (Å²) in [6.07, 6.45) is 4.22. The average Bonchev–Trinajstić information content (AvgIpc) is 2.05. The van der Waals surface area contributed by atoms with Crippen LogP contribution in [0.15, 0.2) is 18.6 Å². The molecule has 0 radical (unpaired) electrons. The van der Waals surface area contributed by atoms with E-state index in [1.54, 1.807) is 0 Å². The molecule has 0 unspecified atom stereocenters. The minimum absolute atomic E-state index is 0.180. The Balaban J connectivity index is 2.85. The van der Waals surface area contributed by atoms with E-state index in [1.807, 2.05) is 0 Å². The lowest BCUT2D eigenvalue weighted by atomic mass is 10.5. The summed E-state index contributed by atoms with van der Waals surface area (Å²) < 4.78 is 4.21. The molecule has 1 rings (SSSR count). The lowest BCUT2D eigenvalue weighted by molar-refractivity contribution is 0.0775. The van der Waals surface area contributed by atoms with Gasteiger partial charge in [-0.15, -0.1) is 0 Å². The molecule has 0 aliphatic carbocycles. The van der Waals surface area contributed by atoms with Gasteiger partial charge in [-0.25, -0.2) is 9.78 Å². The molecule has 0 saturated carbocycles. The largest absolute Gasteiger partial charge is 0.379 e. The highest BCUT2D eigenvalue weighted by Crippen LogP contribution is 1.96. The Bertz CT molecular complexity index is 226. The van der Waals surface area contributed by atoms with Crippen LogP contribution in [0.1, 0.15) is 10.5 Å². The summed E-state index contributed by atoms with van der Waals surface area (Å²) in [5, 5.41) is 0. The fourth-order valence-electron chi connectivity index (χ4n) is 0.444. The topological polar surface area (TPSA) is 52.1 Å². The number of hydrogen-bond donors (Lipinski definition) is 0. The lowest BCUT2D eigenvalue weighted by Gasteiger charge is -1.91. The zero-order valence-corrected chi connectivity index (χ0v) is 6.41. The number of hydrogen-bond acceptors (Lipinski definition) is 4. The maximum Gasteiger partial charge on any atom is 0.370 e. The first kappa shape index (κ1) is 7.14. The molecule has 0 bridgehead atoms. The van der Waals surface area contributed by atoms with E-state index in [2.05, 4.69) is 30.1 Å². The van der Waals surface area contributed by atoms with Gasteiger partial charge in [0.2, 0.25) is 0 Å². The highest BCUT2D eigenvalue weighted by Gasteiger charge is 2.05. The van der Waals surface area contributed by atoms with Gasteiger partial charge in [-0.05, 0) is 0 Å². The van der Waals surface area contributed by atoms with Gasteiger partial charge in [-0.3, -0.25) is 4.98 Å². The van der Waals surface area contributed by atoms with Gasteiger partial charge in [0, 0.05) is 12.4 Å². The van der Waals surface area contributed by atoms with Crippen LogP contribution in [0.25, 0.3) is 0 Å².